The zero-order valence-corrected chi connectivity index (χ0v) is 12.1. The number of fused-ring (bicyclic) bond motifs is 1. The molecule has 0 aliphatic carbocycles. The van der Waals surface area contributed by atoms with Gasteiger partial charge in [0.25, 0.3) is 5.91 Å². The predicted molar refractivity (Wildman–Crippen MR) is 79.2 cm³/mol. The third-order valence-corrected chi connectivity index (χ3v) is 3.92. The molecule has 0 aliphatic heterocycles. The third kappa shape index (κ3) is 2.80. The Balaban J connectivity index is 2.05. The van der Waals surface area contributed by atoms with Crippen LogP contribution in [0.1, 0.15) is 0 Å². The SMILES string of the molecule is C#CCn1c(=NC(=O)Cn2cncn2)sc2cc(F)ccc21. The monoisotopic (exact) mass is 315 g/mol. The van der Waals surface area contributed by atoms with Crippen molar-refractivity contribution in [1.82, 2.24) is 19.3 Å². The summed E-state index contributed by atoms with van der Waals surface area (Å²) in [6, 6.07) is 4.37. The first-order valence-electron chi connectivity index (χ1n) is 6.29. The van der Waals surface area contributed by atoms with Crippen LogP contribution in [0.4, 0.5) is 4.39 Å². The lowest BCUT2D eigenvalue weighted by atomic mass is 10.3. The van der Waals surface area contributed by atoms with E-state index in [9.17, 15) is 9.18 Å². The van der Waals surface area contributed by atoms with Crippen molar-refractivity contribution in [1.29, 1.82) is 0 Å². The summed E-state index contributed by atoms with van der Waals surface area (Å²) >= 11 is 1.21. The maximum Gasteiger partial charge on any atom is 0.270 e. The van der Waals surface area contributed by atoms with Gasteiger partial charge >= 0.3 is 0 Å². The van der Waals surface area contributed by atoms with Crippen LogP contribution in [0.5, 0.6) is 0 Å². The molecule has 1 amide bonds. The molecule has 110 valence electrons. The van der Waals surface area contributed by atoms with Crippen molar-refractivity contribution < 1.29 is 9.18 Å². The molecular weight excluding hydrogens is 305 g/mol. The fraction of sp³-hybridized carbons (Fsp3) is 0.143. The summed E-state index contributed by atoms with van der Waals surface area (Å²) in [5, 5.41) is 3.85. The van der Waals surface area contributed by atoms with Gasteiger partial charge in [-0.25, -0.2) is 14.1 Å². The number of carbonyl (C=O) groups is 1. The first-order chi connectivity index (χ1) is 10.7. The van der Waals surface area contributed by atoms with Crippen molar-refractivity contribution in [3.05, 3.63) is 41.5 Å². The number of hydrogen-bond acceptors (Lipinski definition) is 4. The number of carbonyl (C=O) groups excluding carboxylic acids is 1. The van der Waals surface area contributed by atoms with Crippen LogP contribution in [0, 0.1) is 18.2 Å². The Morgan fingerprint density at radius 1 is 1.50 bits per heavy atom. The number of hydrogen-bond donors (Lipinski definition) is 0. The van der Waals surface area contributed by atoms with E-state index in [4.69, 9.17) is 6.42 Å². The van der Waals surface area contributed by atoms with Crippen LogP contribution in [0.25, 0.3) is 10.2 Å². The summed E-state index contributed by atoms with van der Waals surface area (Å²) in [5.74, 6) is 1.78. The molecule has 3 aromatic rings. The van der Waals surface area contributed by atoms with Crippen molar-refractivity contribution in [2.75, 3.05) is 0 Å². The molecule has 2 aromatic heterocycles. The molecule has 0 fully saturated rings. The van der Waals surface area contributed by atoms with E-state index in [-0.39, 0.29) is 24.8 Å². The minimum atomic E-state index is -0.386. The van der Waals surface area contributed by atoms with Gasteiger partial charge in [-0.15, -0.1) is 6.42 Å². The Bertz CT molecular complexity index is 932. The number of rotatable bonds is 3. The predicted octanol–water partition coefficient (Wildman–Crippen LogP) is 1.19. The Labute approximate surface area is 128 Å². The molecular formula is C14H10FN5OS. The van der Waals surface area contributed by atoms with Gasteiger partial charge in [-0.3, -0.25) is 4.79 Å². The normalized spacial score (nSPS) is 11.7. The van der Waals surface area contributed by atoms with Crippen molar-refractivity contribution >= 4 is 27.5 Å². The number of thiazole rings is 1. The van der Waals surface area contributed by atoms with E-state index in [1.54, 1.807) is 10.6 Å². The second-order valence-corrected chi connectivity index (χ2v) is 5.39. The van der Waals surface area contributed by atoms with E-state index in [0.29, 0.717) is 9.50 Å². The average Bonchev–Trinajstić information content (AvgIpc) is 3.08. The molecule has 0 spiro atoms. The molecule has 0 bridgehead atoms. The molecule has 3 rings (SSSR count). The summed E-state index contributed by atoms with van der Waals surface area (Å²) in [7, 11) is 0. The largest absolute Gasteiger partial charge is 0.305 e. The topological polar surface area (TPSA) is 65.1 Å². The Kier molecular flexibility index (Phi) is 3.80. The molecule has 0 aliphatic rings. The van der Waals surface area contributed by atoms with Gasteiger partial charge in [-0.2, -0.15) is 10.1 Å². The van der Waals surface area contributed by atoms with E-state index in [1.165, 1.54) is 40.8 Å². The second kappa shape index (κ2) is 5.91. The molecule has 0 atom stereocenters. The van der Waals surface area contributed by atoms with Crippen LogP contribution < -0.4 is 4.80 Å². The fourth-order valence-corrected chi connectivity index (χ4v) is 3.04. The number of terminal acetylenes is 1. The molecule has 22 heavy (non-hydrogen) atoms. The molecule has 0 saturated heterocycles. The van der Waals surface area contributed by atoms with Crippen LogP contribution >= 0.6 is 11.3 Å². The lowest BCUT2D eigenvalue weighted by Crippen LogP contribution is -2.18. The van der Waals surface area contributed by atoms with Gasteiger partial charge in [0.05, 0.1) is 16.8 Å². The molecule has 0 saturated carbocycles. The Morgan fingerprint density at radius 3 is 3.09 bits per heavy atom. The number of nitrogens with zero attached hydrogens (tertiary/aromatic N) is 5. The Hall–Kier alpha value is -2.79. The van der Waals surface area contributed by atoms with Gasteiger partial charge in [0.15, 0.2) is 4.80 Å². The first kappa shape index (κ1) is 14.2. The summed E-state index contributed by atoms with van der Waals surface area (Å²) < 4.78 is 17.1. The maximum atomic E-state index is 13.3. The highest BCUT2D eigenvalue weighted by Gasteiger charge is 2.08. The Morgan fingerprint density at radius 2 is 2.36 bits per heavy atom. The van der Waals surface area contributed by atoms with Crippen LogP contribution in [0.3, 0.4) is 0 Å². The third-order valence-electron chi connectivity index (χ3n) is 2.88. The zero-order chi connectivity index (χ0) is 15.5. The smallest absolute Gasteiger partial charge is 0.270 e. The highest BCUT2D eigenvalue weighted by Crippen LogP contribution is 2.18. The van der Waals surface area contributed by atoms with Crippen LogP contribution in [0.15, 0.2) is 35.8 Å². The quantitative estimate of drug-likeness (QED) is 0.682. The van der Waals surface area contributed by atoms with Crippen molar-refractivity contribution in [2.24, 2.45) is 4.99 Å². The number of amides is 1. The minimum absolute atomic E-state index is 0.0152. The lowest BCUT2D eigenvalue weighted by Gasteiger charge is -1.99. The first-order valence-corrected chi connectivity index (χ1v) is 7.11. The van der Waals surface area contributed by atoms with E-state index in [2.05, 4.69) is 21.0 Å². The molecule has 1 aromatic carbocycles. The summed E-state index contributed by atoms with van der Waals surface area (Å²) in [4.78, 5) is 20.2. The molecule has 6 nitrogen and oxygen atoms in total. The lowest BCUT2D eigenvalue weighted by molar-refractivity contribution is -0.118. The highest BCUT2D eigenvalue weighted by atomic mass is 32.1. The van der Waals surface area contributed by atoms with Crippen LogP contribution in [-0.4, -0.2) is 25.2 Å². The zero-order valence-electron chi connectivity index (χ0n) is 11.3. The van der Waals surface area contributed by atoms with Crippen molar-refractivity contribution in [3.8, 4) is 12.3 Å². The standard InChI is InChI=1S/C14H10FN5OS/c1-2-5-20-11-4-3-10(15)6-12(11)22-14(20)18-13(21)7-19-9-16-8-17-19/h1,3-4,6,8-9H,5,7H2. The molecule has 2 heterocycles. The number of halogens is 1. The minimum Gasteiger partial charge on any atom is -0.305 e. The van der Waals surface area contributed by atoms with Gasteiger partial charge in [0.1, 0.15) is 25.0 Å². The average molecular weight is 315 g/mol. The van der Waals surface area contributed by atoms with E-state index in [0.717, 1.165) is 5.52 Å². The molecule has 0 radical (unpaired) electrons. The summed E-state index contributed by atoms with van der Waals surface area (Å²) in [6.07, 6.45) is 8.14. The van der Waals surface area contributed by atoms with Crippen molar-refractivity contribution in [2.45, 2.75) is 13.1 Å². The van der Waals surface area contributed by atoms with Crippen LogP contribution in [-0.2, 0) is 17.9 Å². The highest BCUT2D eigenvalue weighted by molar-refractivity contribution is 7.16. The van der Waals surface area contributed by atoms with Crippen LogP contribution in [0.2, 0.25) is 0 Å². The van der Waals surface area contributed by atoms with Gasteiger partial charge in [0, 0.05) is 0 Å². The fourth-order valence-electron chi connectivity index (χ4n) is 1.97. The van der Waals surface area contributed by atoms with Gasteiger partial charge in [0.2, 0.25) is 0 Å². The van der Waals surface area contributed by atoms with Crippen molar-refractivity contribution in [3.63, 3.8) is 0 Å². The second-order valence-electron chi connectivity index (χ2n) is 4.39. The molecule has 8 heteroatoms. The van der Waals surface area contributed by atoms with E-state index < -0.39 is 0 Å². The van der Waals surface area contributed by atoms with E-state index in [1.807, 2.05) is 0 Å². The maximum absolute atomic E-state index is 13.3. The van der Waals surface area contributed by atoms with Gasteiger partial charge in [-0.1, -0.05) is 17.3 Å². The van der Waals surface area contributed by atoms with Gasteiger partial charge < -0.3 is 4.57 Å². The van der Waals surface area contributed by atoms with E-state index >= 15 is 0 Å². The van der Waals surface area contributed by atoms with Gasteiger partial charge in [-0.05, 0) is 18.2 Å². The number of benzene rings is 1. The number of aromatic nitrogens is 4. The summed E-state index contributed by atoms with van der Waals surface area (Å²) in [5.41, 5.74) is 0.747. The summed E-state index contributed by atoms with van der Waals surface area (Å²) in [6.45, 7) is 0.236. The molecule has 0 N–H and O–H groups in total. The molecule has 0 unspecified atom stereocenters.